The Labute approximate surface area is 120 Å². The van der Waals surface area contributed by atoms with E-state index in [0.29, 0.717) is 5.56 Å². The zero-order valence-corrected chi connectivity index (χ0v) is 11.9. The molecule has 2 heterocycles. The maximum atomic E-state index is 12.2. The molecule has 5 nitrogen and oxygen atoms in total. The van der Waals surface area contributed by atoms with Gasteiger partial charge in [-0.3, -0.25) is 4.79 Å². The molecular weight excluding hydrogens is 298 g/mol. The number of rotatable bonds is 3. The zero-order valence-electron chi connectivity index (χ0n) is 10.3. The van der Waals surface area contributed by atoms with E-state index in [0.717, 1.165) is 14.7 Å². The maximum Gasteiger partial charge on any atom is 0.318 e. The van der Waals surface area contributed by atoms with Crippen molar-refractivity contribution in [2.45, 2.75) is 10.8 Å². The highest BCUT2D eigenvalue weighted by molar-refractivity contribution is 7.91. The number of nitrogens with zero attached hydrogens (tertiary/aromatic N) is 1. The summed E-state index contributed by atoms with van der Waals surface area (Å²) in [5, 5.41) is 8.75. The zero-order chi connectivity index (χ0) is 14.3. The largest absolute Gasteiger partial charge is 0.480 e. The second kappa shape index (κ2) is 4.69. The molecule has 0 radical (unpaired) electrons. The molecule has 1 aliphatic heterocycles. The van der Waals surface area contributed by atoms with Gasteiger partial charge in [-0.25, -0.2) is 8.42 Å². The van der Waals surface area contributed by atoms with Crippen molar-refractivity contribution in [1.82, 2.24) is 4.31 Å². The summed E-state index contributed by atoms with van der Waals surface area (Å²) in [6.07, 6.45) is 0. The fraction of sp³-hybridized carbons (Fsp3) is 0.154. The van der Waals surface area contributed by atoms with Gasteiger partial charge in [0.2, 0.25) is 0 Å². The van der Waals surface area contributed by atoms with Gasteiger partial charge >= 0.3 is 5.97 Å². The van der Waals surface area contributed by atoms with Crippen LogP contribution >= 0.6 is 11.3 Å². The average Bonchev–Trinajstić information content (AvgIpc) is 2.91. The van der Waals surface area contributed by atoms with E-state index < -0.39 is 22.5 Å². The Morgan fingerprint density at radius 1 is 1.30 bits per heavy atom. The standard InChI is InChI=1S/C13H11NO4S2/c15-12(16)8-14-7-10-6-11(9-4-2-1-3-5-9)19-13(10)20(14,17)18/h1-6H,7-8H2,(H,15,16). The molecule has 0 spiro atoms. The normalized spacial score (nSPS) is 17.0. The molecule has 0 saturated heterocycles. The molecule has 20 heavy (non-hydrogen) atoms. The fourth-order valence-corrected chi connectivity index (χ4v) is 5.36. The molecule has 0 fully saturated rings. The van der Waals surface area contributed by atoms with Gasteiger partial charge in [-0.15, -0.1) is 11.3 Å². The Morgan fingerprint density at radius 2 is 2.00 bits per heavy atom. The third kappa shape index (κ3) is 2.13. The summed E-state index contributed by atoms with van der Waals surface area (Å²) in [5.74, 6) is -1.15. The first-order chi connectivity index (χ1) is 9.48. The number of carboxylic acids is 1. The molecule has 2 aromatic rings. The van der Waals surface area contributed by atoms with Gasteiger partial charge in [0.25, 0.3) is 10.0 Å². The molecule has 0 unspecified atom stereocenters. The smallest absolute Gasteiger partial charge is 0.318 e. The Kier molecular flexibility index (Phi) is 3.12. The Balaban J connectivity index is 1.99. The number of hydrogen-bond donors (Lipinski definition) is 1. The molecule has 0 aliphatic carbocycles. The van der Waals surface area contributed by atoms with Gasteiger partial charge < -0.3 is 5.11 Å². The van der Waals surface area contributed by atoms with Crippen LogP contribution in [0.15, 0.2) is 40.6 Å². The monoisotopic (exact) mass is 309 g/mol. The minimum absolute atomic E-state index is 0.132. The van der Waals surface area contributed by atoms with Crippen molar-refractivity contribution in [1.29, 1.82) is 0 Å². The lowest BCUT2D eigenvalue weighted by atomic mass is 10.2. The van der Waals surface area contributed by atoms with E-state index in [9.17, 15) is 13.2 Å². The first kappa shape index (κ1) is 13.3. The van der Waals surface area contributed by atoms with E-state index in [-0.39, 0.29) is 10.8 Å². The first-order valence-electron chi connectivity index (χ1n) is 5.88. The highest BCUT2D eigenvalue weighted by Gasteiger charge is 2.38. The van der Waals surface area contributed by atoms with E-state index in [1.165, 1.54) is 11.3 Å². The van der Waals surface area contributed by atoms with Crippen LogP contribution in [0.3, 0.4) is 0 Å². The van der Waals surface area contributed by atoms with Crippen molar-refractivity contribution in [2.24, 2.45) is 0 Å². The second-order valence-corrected chi connectivity index (χ2v) is 7.64. The van der Waals surface area contributed by atoms with Crippen LogP contribution in [0.2, 0.25) is 0 Å². The van der Waals surface area contributed by atoms with Crippen LogP contribution in [0, 0.1) is 0 Å². The third-order valence-corrected chi connectivity index (χ3v) is 6.63. The third-order valence-electron chi connectivity index (χ3n) is 3.06. The molecule has 7 heteroatoms. The number of carboxylic acid groups (broad SMARTS) is 1. The molecular formula is C13H11NO4S2. The Hall–Kier alpha value is -1.70. The van der Waals surface area contributed by atoms with Crippen molar-refractivity contribution in [3.05, 3.63) is 42.0 Å². The van der Waals surface area contributed by atoms with Gasteiger partial charge in [-0.1, -0.05) is 30.3 Å². The van der Waals surface area contributed by atoms with Crippen molar-refractivity contribution >= 4 is 27.3 Å². The number of hydrogen-bond acceptors (Lipinski definition) is 4. The number of fused-ring (bicyclic) bond motifs is 1. The fourth-order valence-electron chi connectivity index (χ4n) is 2.17. The number of carbonyl (C=O) groups is 1. The lowest BCUT2D eigenvalue weighted by Gasteiger charge is -2.11. The van der Waals surface area contributed by atoms with Crippen LogP contribution in [0.5, 0.6) is 0 Å². The quantitative estimate of drug-likeness (QED) is 0.941. The Morgan fingerprint density at radius 3 is 2.60 bits per heavy atom. The average molecular weight is 309 g/mol. The molecule has 104 valence electrons. The minimum atomic E-state index is -3.66. The maximum absolute atomic E-state index is 12.2. The van der Waals surface area contributed by atoms with E-state index in [2.05, 4.69) is 0 Å². The molecule has 1 aliphatic rings. The summed E-state index contributed by atoms with van der Waals surface area (Å²) >= 11 is 1.19. The van der Waals surface area contributed by atoms with Crippen molar-refractivity contribution < 1.29 is 18.3 Å². The summed E-state index contributed by atoms with van der Waals surface area (Å²) in [6.45, 7) is -0.363. The highest BCUT2D eigenvalue weighted by atomic mass is 32.2. The van der Waals surface area contributed by atoms with Crippen LogP contribution in [-0.2, 0) is 21.4 Å². The van der Waals surface area contributed by atoms with Gasteiger partial charge in [0.15, 0.2) is 0 Å². The molecule has 0 atom stereocenters. The van der Waals surface area contributed by atoms with Gasteiger partial charge in [-0.05, 0) is 17.2 Å². The van der Waals surface area contributed by atoms with Crippen molar-refractivity contribution in [3.8, 4) is 10.4 Å². The molecule has 3 rings (SSSR count). The van der Waals surface area contributed by atoms with Crippen molar-refractivity contribution in [3.63, 3.8) is 0 Å². The van der Waals surface area contributed by atoms with E-state index >= 15 is 0 Å². The van der Waals surface area contributed by atoms with Crippen molar-refractivity contribution in [2.75, 3.05) is 6.54 Å². The Bertz CT molecular complexity index is 765. The van der Waals surface area contributed by atoms with Crippen LogP contribution in [-0.4, -0.2) is 30.3 Å². The van der Waals surface area contributed by atoms with Gasteiger partial charge in [0, 0.05) is 11.4 Å². The molecule has 1 N–H and O–H groups in total. The van der Waals surface area contributed by atoms with E-state index in [1.807, 2.05) is 36.4 Å². The summed E-state index contributed by atoms with van der Waals surface area (Å²) in [6, 6.07) is 11.4. The topological polar surface area (TPSA) is 74.7 Å². The lowest BCUT2D eigenvalue weighted by Crippen LogP contribution is -2.30. The molecule has 0 bridgehead atoms. The van der Waals surface area contributed by atoms with Crippen LogP contribution in [0.25, 0.3) is 10.4 Å². The summed E-state index contributed by atoms with van der Waals surface area (Å²) in [5.41, 5.74) is 1.64. The van der Waals surface area contributed by atoms with Gasteiger partial charge in [-0.2, -0.15) is 4.31 Å². The molecule has 1 aromatic carbocycles. The molecule has 0 saturated carbocycles. The van der Waals surface area contributed by atoms with Crippen LogP contribution in [0.4, 0.5) is 0 Å². The summed E-state index contributed by atoms with van der Waals surface area (Å²) in [4.78, 5) is 11.6. The molecule has 1 aromatic heterocycles. The number of thiophene rings is 1. The predicted octanol–water partition coefficient (Wildman–Crippen LogP) is 2.00. The van der Waals surface area contributed by atoms with E-state index in [4.69, 9.17) is 5.11 Å². The summed E-state index contributed by atoms with van der Waals surface area (Å²) in [7, 11) is -3.66. The number of benzene rings is 1. The number of aliphatic carboxylic acids is 1. The van der Waals surface area contributed by atoms with Crippen LogP contribution in [0.1, 0.15) is 5.56 Å². The number of sulfonamides is 1. The highest BCUT2D eigenvalue weighted by Crippen LogP contribution is 2.40. The van der Waals surface area contributed by atoms with E-state index in [1.54, 1.807) is 0 Å². The second-order valence-electron chi connectivity index (χ2n) is 4.46. The van der Waals surface area contributed by atoms with Crippen LogP contribution < -0.4 is 0 Å². The SMILES string of the molecule is O=C(O)CN1Cc2cc(-c3ccccc3)sc2S1(=O)=O. The van der Waals surface area contributed by atoms with Gasteiger partial charge in [0.05, 0.1) is 0 Å². The first-order valence-corrected chi connectivity index (χ1v) is 8.14. The lowest BCUT2D eigenvalue weighted by molar-refractivity contribution is -0.137. The predicted molar refractivity (Wildman–Crippen MR) is 75.0 cm³/mol. The van der Waals surface area contributed by atoms with Gasteiger partial charge in [0.1, 0.15) is 10.8 Å². The molecule has 0 amide bonds. The summed E-state index contributed by atoms with van der Waals surface area (Å²) < 4.78 is 25.7. The minimum Gasteiger partial charge on any atom is -0.480 e.